The summed E-state index contributed by atoms with van der Waals surface area (Å²) >= 11 is 0. The van der Waals surface area contributed by atoms with E-state index >= 15 is 0 Å². The van der Waals surface area contributed by atoms with Crippen LogP contribution in [-0.4, -0.2) is 0 Å². The molecule has 0 atom stereocenters. The number of anilines is 2. The van der Waals surface area contributed by atoms with Gasteiger partial charge in [0.1, 0.15) is 11.6 Å². The molecule has 0 fully saturated rings. The lowest BCUT2D eigenvalue weighted by Gasteiger charge is -2.07. The van der Waals surface area contributed by atoms with Gasteiger partial charge in [-0.1, -0.05) is 42.5 Å². The number of nitrogens with two attached hydrogens (primary N) is 1. The number of benzene rings is 3. The van der Waals surface area contributed by atoms with Gasteiger partial charge < -0.3 is 11.1 Å². The zero-order chi connectivity index (χ0) is 16.5. The van der Waals surface area contributed by atoms with Gasteiger partial charge in [0.2, 0.25) is 0 Å². The largest absolute Gasteiger partial charge is 0.399 e. The molecule has 0 aliphatic heterocycles. The Balaban J connectivity index is 0.000000229. The van der Waals surface area contributed by atoms with Gasteiger partial charge in [-0.15, -0.1) is 0 Å². The molecule has 118 valence electrons. The van der Waals surface area contributed by atoms with E-state index in [2.05, 4.69) is 5.32 Å². The van der Waals surface area contributed by atoms with E-state index in [4.69, 9.17) is 5.73 Å². The summed E-state index contributed by atoms with van der Waals surface area (Å²) in [4.78, 5) is 0. The number of para-hydroxylation sites is 2. The molecule has 2 nitrogen and oxygen atoms in total. The van der Waals surface area contributed by atoms with Gasteiger partial charge in [0.05, 0.1) is 0 Å². The third kappa shape index (κ3) is 5.43. The lowest BCUT2D eigenvalue weighted by Crippen LogP contribution is -2.04. The molecule has 0 saturated heterocycles. The second-order valence-corrected chi connectivity index (χ2v) is 4.83. The van der Waals surface area contributed by atoms with Crippen LogP contribution in [0.1, 0.15) is 5.56 Å². The fourth-order valence-corrected chi connectivity index (χ4v) is 1.90. The van der Waals surface area contributed by atoms with Crippen molar-refractivity contribution in [2.75, 3.05) is 11.1 Å². The second kappa shape index (κ2) is 8.54. The molecule has 23 heavy (non-hydrogen) atoms. The minimum atomic E-state index is -0.525. The van der Waals surface area contributed by atoms with Gasteiger partial charge in [-0.25, -0.2) is 8.78 Å². The maximum atomic E-state index is 13.3. The number of hydrogen-bond donors (Lipinski definition) is 2. The van der Waals surface area contributed by atoms with E-state index < -0.39 is 11.6 Å². The number of rotatable bonds is 3. The van der Waals surface area contributed by atoms with Crippen molar-refractivity contribution < 1.29 is 8.78 Å². The van der Waals surface area contributed by atoms with Gasteiger partial charge in [-0.05, 0) is 36.4 Å². The van der Waals surface area contributed by atoms with Crippen molar-refractivity contribution in [1.82, 2.24) is 0 Å². The highest BCUT2D eigenvalue weighted by Gasteiger charge is 2.07. The van der Waals surface area contributed by atoms with Gasteiger partial charge >= 0.3 is 0 Å². The minimum absolute atomic E-state index is 0.0614. The third-order valence-electron chi connectivity index (χ3n) is 3.10. The van der Waals surface area contributed by atoms with Crippen LogP contribution in [0, 0.1) is 11.6 Å². The molecule has 0 aromatic heterocycles. The van der Waals surface area contributed by atoms with Crippen molar-refractivity contribution in [2.24, 2.45) is 0 Å². The molecule has 0 heterocycles. The summed E-state index contributed by atoms with van der Waals surface area (Å²) in [6.07, 6.45) is 0. The Morgan fingerprint density at radius 3 is 1.70 bits per heavy atom. The second-order valence-electron chi connectivity index (χ2n) is 4.83. The standard InChI is InChI=1S/C13H11F2N.C6H7N/c14-12-7-4-8-13(15)11(12)9-16-10-5-2-1-3-6-10;7-6-4-2-1-3-5-6/h1-8,16H,9H2;1-5H,7H2. The maximum absolute atomic E-state index is 13.3. The summed E-state index contributed by atoms with van der Waals surface area (Å²) in [5.41, 5.74) is 7.08. The molecule has 3 aromatic rings. The maximum Gasteiger partial charge on any atom is 0.131 e. The van der Waals surface area contributed by atoms with Crippen LogP contribution in [0.4, 0.5) is 20.2 Å². The van der Waals surface area contributed by atoms with Crippen LogP contribution in [-0.2, 0) is 6.54 Å². The summed E-state index contributed by atoms with van der Waals surface area (Å²) in [5.74, 6) is -1.05. The van der Waals surface area contributed by atoms with E-state index in [1.54, 1.807) is 0 Å². The predicted molar refractivity (Wildman–Crippen MR) is 91.0 cm³/mol. The van der Waals surface area contributed by atoms with E-state index in [1.807, 2.05) is 60.7 Å². The molecule has 0 aliphatic rings. The van der Waals surface area contributed by atoms with E-state index in [1.165, 1.54) is 18.2 Å². The van der Waals surface area contributed by atoms with Gasteiger partial charge in [0.25, 0.3) is 0 Å². The van der Waals surface area contributed by atoms with E-state index in [-0.39, 0.29) is 12.1 Å². The first-order valence-electron chi connectivity index (χ1n) is 7.19. The Labute approximate surface area is 134 Å². The van der Waals surface area contributed by atoms with Crippen molar-refractivity contribution >= 4 is 11.4 Å². The molecular weight excluding hydrogens is 294 g/mol. The molecule has 0 radical (unpaired) electrons. The van der Waals surface area contributed by atoms with Crippen LogP contribution in [0.3, 0.4) is 0 Å². The zero-order valence-corrected chi connectivity index (χ0v) is 12.5. The number of nitrogens with one attached hydrogen (secondary N) is 1. The number of nitrogen functional groups attached to an aromatic ring is 1. The van der Waals surface area contributed by atoms with Crippen LogP contribution in [0.25, 0.3) is 0 Å². The predicted octanol–water partition coefficient (Wildman–Crippen LogP) is 4.85. The van der Waals surface area contributed by atoms with Crippen LogP contribution >= 0.6 is 0 Å². The lowest BCUT2D eigenvalue weighted by molar-refractivity contribution is 0.560. The van der Waals surface area contributed by atoms with Gasteiger partial charge in [-0.2, -0.15) is 0 Å². The molecule has 0 amide bonds. The summed E-state index contributed by atoms with van der Waals surface area (Å²) < 4.78 is 26.5. The molecule has 4 heteroatoms. The molecule has 0 aliphatic carbocycles. The van der Waals surface area contributed by atoms with Gasteiger partial charge in [0, 0.05) is 23.5 Å². The molecule has 3 aromatic carbocycles. The highest BCUT2D eigenvalue weighted by Crippen LogP contribution is 2.14. The molecule has 0 spiro atoms. The monoisotopic (exact) mass is 312 g/mol. The summed E-state index contributed by atoms with van der Waals surface area (Å²) in [5, 5.41) is 2.96. The molecule has 3 rings (SSSR count). The van der Waals surface area contributed by atoms with Crippen LogP contribution in [0.15, 0.2) is 78.9 Å². The summed E-state index contributed by atoms with van der Waals surface area (Å²) in [6.45, 7) is 0.141. The fraction of sp³-hybridized carbons (Fsp3) is 0.0526. The Hall–Kier alpha value is -2.88. The highest BCUT2D eigenvalue weighted by molar-refractivity contribution is 5.43. The molecule has 0 bridgehead atoms. The van der Waals surface area contributed by atoms with Crippen molar-refractivity contribution in [2.45, 2.75) is 6.54 Å². The fourth-order valence-electron chi connectivity index (χ4n) is 1.90. The summed E-state index contributed by atoms with van der Waals surface area (Å²) in [7, 11) is 0. The van der Waals surface area contributed by atoms with Crippen molar-refractivity contribution in [3.63, 3.8) is 0 Å². The smallest absolute Gasteiger partial charge is 0.131 e. The van der Waals surface area contributed by atoms with Crippen molar-refractivity contribution in [3.05, 3.63) is 96.1 Å². The minimum Gasteiger partial charge on any atom is -0.399 e. The SMILES string of the molecule is Fc1cccc(F)c1CNc1ccccc1.Nc1ccccc1. The molecule has 0 unspecified atom stereocenters. The zero-order valence-electron chi connectivity index (χ0n) is 12.5. The quantitative estimate of drug-likeness (QED) is 0.679. The van der Waals surface area contributed by atoms with Crippen LogP contribution in [0.2, 0.25) is 0 Å². The van der Waals surface area contributed by atoms with E-state index in [0.29, 0.717) is 0 Å². The van der Waals surface area contributed by atoms with Gasteiger partial charge in [0.15, 0.2) is 0 Å². The average Bonchev–Trinajstić information content (AvgIpc) is 2.57. The van der Waals surface area contributed by atoms with Crippen molar-refractivity contribution in [1.29, 1.82) is 0 Å². The number of halogens is 2. The first-order valence-corrected chi connectivity index (χ1v) is 7.19. The average molecular weight is 312 g/mol. The van der Waals surface area contributed by atoms with E-state index in [9.17, 15) is 8.78 Å². The first kappa shape index (κ1) is 16.5. The highest BCUT2D eigenvalue weighted by atomic mass is 19.1. The topological polar surface area (TPSA) is 38.0 Å². The van der Waals surface area contributed by atoms with Crippen LogP contribution in [0.5, 0.6) is 0 Å². The normalized spacial score (nSPS) is 9.65. The Morgan fingerprint density at radius 2 is 1.22 bits per heavy atom. The summed E-state index contributed by atoms with van der Waals surface area (Å²) in [6, 6.07) is 22.7. The van der Waals surface area contributed by atoms with Crippen molar-refractivity contribution in [3.8, 4) is 0 Å². The van der Waals surface area contributed by atoms with Crippen LogP contribution < -0.4 is 11.1 Å². The Bertz CT molecular complexity index is 696. The van der Waals surface area contributed by atoms with E-state index in [0.717, 1.165) is 11.4 Å². The Morgan fingerprint density at radius 1 is 0.696 bits per heavy atom. The number of hydrogen-bond acceptors (Lipinski definition) is 2. The Kier molecular flexibility index (Phi) is 6.12. The first-order chi connectivity index (χ1) is 11.2. The molecule has 0 saturated carbocycles. The molecular formula is C19H18F2N2. The molecule has 3 N–H and O–H groups in total. The van der Waals surface area contributed by atoms with Gasteiger partial charge in [-0.3, -0.25) is 0 Å². The lowest BCUT2D eigenvalue weighted by atomic mass is 10.2. The third-order valence-corrected chi connectivity index (χ3v) is 3.10.